The Hall–Kier alpha value is -1.47. The Bertz CT molecular complexity index is 331. The molecule has 0 atom stereocenters. The molecule has 1 aliphatic rings. The third kappa shape index (κ3) is 3.05. The standard InChI is InChI=1S/C11H17NO6/c1-4-16-11(3,17-5-2)10(15)18-12-8(13)6-7-9(12)14/h4-7H2,1-3H3. The summed E-state index contributed by atoms with van der Waals surface area (Å²) in [5.41, 5.74) is 0. The molecular weight excluding hydrogens is 242 g/mol. The molecule has 7 nitrogen and oxygen atoms in total. The summed E-state index contributed by atoms with van der Waals surface area (Å²) in [5, 5.41) is 0.471. The number of carbonyl (C=O) groups excluding carboxylic acids is 3. The Balaban J connectivity index is 2.72. The largest absolute Gasteiger partial charge is 0.391 e. The van der Waals surface area contributed by atoms with Crippen LogP contribution in [0.25, 0.3) is 0 Å². The number of amides is 2. The van der Waals surface area contributed by atoms with Gasteiger partial charge in [0.15, 0.2) is 0 Å². The van der Waals surface area contributed by atoms with Gasteiger partial charge in [0, 0.05) is 33.0 Å². The van der Waals surface area contributed by atoms with Crippen LogP contribution in [0.3, 0.4) is 0 Å². The lowest BCUT2D eigenvalue weighted by Crippen LogP contribution is -2.47. The molecule has 1 aliphatic heterocycles. The molecule has 1 fully saturated rings. The zero-order chi connectivity index (χ0) is 13.8. The second kappa shape index (κ2) is 5.92. The normalized spacial score (nSPS) is 16.3. The van der Waals surface area contributed by atoms with Crippen LogP contribution in [0.4, 0.5) is 0 Å². The number of rotatable bonds is 6. The molecule has 0 aromatic rings. The third-order valence-electron chi connectivity index (χ3n) is 2.39. The van der Waals surface area contributed by atoms with Crippen molar-refractivity contribution in [2.45, 2.75) is 39.4 Å². The summed E-state index contributed by atoms with van der Waals surface area (Å²) in [6.45, 7) is 5.22. The summed E-state index contributed by atoms with van der Waals surface area (Å²) < 4.78 is 10.3. The van der Waals surface area contributed by atoms with E-state index in [2.05, 4.69) is 0 Å². The van der Waals surface area contributed by atoms with Crippen molar-refractivity contribution in [2.24, 2.45) is 0 Å². The van der Waals surface area contributed by atoms with Gasteiger partial charge in [0.1, 0.15) is 0 Å². The van der Waals surface area contributed by atoms with E-state index in [1.807, 2.05) is 0 Å². The van der Waals surface area contributed by atoms with E-state index in [0.29, 0.717) is 5.06 Å². The van der Waals surface area contributed by atoms with Crippen molar-refractivity contribution >= 4 is 17.8 Å². The van der Waals surface area contributed by atoms with Crippen LogP contribution in [0.5, 0.6) is 0 Å². The molecule has 0 spiro atoms. The average Bonchev–Trinajstić information content (AvgIpc) is 2.61. The molecule has 18 heavy (non-hydrogen) atoms. The number of carbonyl (C=O) groups is 3. The minimum atomic E-state index is -1.62. The second-order valence-electron chi connectivity index (χ2n) is 3.77. The van der Waals surface area contributed by atoms with Crippen LogP contribution < -0.4 is 0 Å². The first-order valence-electron chi connectivity index (χ1n) is 5.80. The minimum absolute atomic E-state index is 0.0477. The summed E-state index contributed by atoms with van der Waals surface area (Å²) in [6, 6.07) is 0. The van der Waals surface area contributed by atoms with Gasteiger partial charge in [-0.25, -0.2) is 4.79 Å². The predicted molar refractivity (Wildman–Crippen MR) is 58.8 cm³/mol. The van der Waals surface area contributed by atoms with E-state index < -0.39 is 23.6 Å². The average molecular weight is 259 g/mol. The Morgan fingerprint density at radius 2 is 1.61 bits per heavy atom. The van der Waals surface area contributed by atoms with Gasteiger partial charge in [-0.1, -0.05) is 0 Å². The first-order chi connectivity index (χ1) is 8.44. The van der Waals surface area contributed by atoms with Crippen LogP contribution in [0.15, 0.2) is 0 Å². The molecule has 0 N–H and O–H groups in total. The Morgan fingerprint density at radius 3 is 2.00 bits per heavy atom. The second-order valence-corrected chi connectivity index (χ2v) is 3.77. The Kier molecular flexibility index (Phi) is 4.80. The van der Waals surface area contributed by atoms with Crippen LogP contribution in [-0.4, -0.2) is 41.8 Å². The van der Waals surface area contributed by atoms with Gasteiger partial charge < -0.3 is 14.3 Å². The fourth-order valence-corrected chi connectivity index (χ4v) is 1.53. The number of ether oxygens (including phenoxy) is 2. The maximum absolute atomic E-state index is 11.9. The fraction of sp³-hybridized carbons (Fsp3) is 0.727. The van der Waals surface area contributed by atoms with Crippen molar-refractivity contribution in [2.75, 3.05) is 13.2 Å². The molecule has 1 rings (SSSR count). The van der Waals surface area contributed by atoms with Gasteiger partial charge >= 0.3 is 5.97 Å². The van der Waals surface area contributed by atoms with Crippen molar-refractivity contribution in [1.29, 1.82) is 0 Å². The van der Waals surface area contributed by atoms with E-state index in [1.54, 1.807) is 13.8 Å². The highest BCUT2D eigenvalue weighted by molar-refractivity contribution is 6.01. The van der Waals surface area contributed by atoms with Crippen LogP contribution >= 0.6 is 0 Å². The molecule has 1 saturated heterocycles. The Morgan fingerprint density at radius 1 is 1.17 bits per heavy atom. The van der Waals surface area contributed by atoms with E-state index >= 15 is 0 Å². The zero-order valence-corrected chi connectivity index (χ0v) is 10.7. The van der Waals surface area contributed by atoms with Gasteiger partial charge in [0.05, 0.1) is 0 Å². The van der Waals surface area contributed by atoms with Crippen LogP contribution in [-0.2, 0) is 28.7 Å². The van der Waals surface area contributed by atoms with E-state index in [-0.39, 0.29) is 26.1 Å². The van der Waals surface area contributed by atoms with Crippen molar-refractivity contribution in [3.05, 3.63) is 0 Å². The number of imide groups is 1. The zero-order valence-electron chi connectivity index (χ0n) is 10.7. The van der Waals surface area contributed by atoms with Gasteiger partial charge in [-0.15, -0.1) is 5.06 Å². The molecular formula is C11H17NO6. The summed E-state index contributed by atoms with van der Waals surface area (Å²) in [4.78, 5) is 39.2. The van der Waals surface area contributed by atoms with Gasteiger partial charge in [-0.05, 0) is 13.8 Å². The predicted octanol–water partition coefficient (Wildman–Crippen LogP) is 0.383. The monoisotopic (exact) mass is 259 g/mol. The Labute approximate surface area is 105 Å². The van der Waals surface area contributed by atoms with Crippen molar-refractivity contribution in [3.63, 3.8) is 0 Å². The van der Waals surface area contributed by atoms with Gasteiger partial charge in [-0.3, -0.25) is 9.59 Å². The molecule has 2 amide bonds. The van der Waals surface area contributed by atoms with Gasteiger partial charge in [0.2, 0.25) is 0 Å². The van der Waals surface area contributed by atoms with E-state index in [9.17, 15) is 14.4 Å². The van der Waals surface area contributed by atoms with Crippen LogP contribution in [0.1, 0.15) is 33.6 Å². The molecule has 0 aromatic heterocycles. The fourth-order valence-electron chi connectivity index (χ4n) is 1.53. The highest BCUT2D eigenvalue weighted by Crippen LogP contribution is 2.19. The third-order valence-corrected chi connectivity index (χ3v) is 2.39. The van der Waals surface area contributed by atoms with Crippen LogP contribution in [0.2, 0.25) is 0 Å². The SMILES string of the molecule is CCOC(C)(OCC)C(=O)ON1C(=O)CCC1=O. The molecule has 0 bridgehead atoms. The van der Waals surface area contributed by atoms with E-state index in [4.69, 9.17) is 14.3 Å². The smallest absolute Gasteiger partial charge is 0.341 e. The van der Waals surface area contributed by atoms with Crippen molar-refractivity contribution < 1.29 is 28.7 Å². The number of hydrogen-bond donors (Lipinski definition) is 0. The van der Waals surface area contributed by atoms with Crippen LogP contribution in [0, 0.1) is 0 Å². The summed E-state index contributed by atoms with van der Waals surface area (Å²) >= 11 is 0. The number of hydroxylamine groups is 2. The lowest BCUT2D eigenvalue weighted by atomic mass is 10.3. The molecule has 0 aliphatic carbocycles. The summed E-state index contributed by atoms with van der Waals surface area (Å²) in [7, 11) is 0. The number of nitrogens with zero attached hydrogens (tertiary/aromatic N) is 1. The quantitative estimate of drug-likeness (QED) is 0.506. The summed E-state index contributed by atoms with van der Waals surface area (Å²) in [5.74, 6) is -3.62. The maximum Gasteiger partial charge on any atom is 0.391 e. The summed E-state index contributed by atoms with van der Waals surface area (Å²) in [6.07, 6.45) is 0.0954. The molecule has 0 unspecified atom stereocenters. The van der Waals surface area contributed by atoms with Crippen molar-refractivity contribution in [1.82, 2.24) is 5.06 Å². The van der Waals surface area contributed by atoms with Gasteiger partial charge in [-0.2, -0.15) is 0 Å². The lowest BCUT2D eigenvalue weighted by Gasteiger charge is -2.27. The lowest BCUT2D eigenvalue weighted by molar-refractivity contribution is -0.258. The first kappa shape index (κ1) is 14.6. The highest BCUT2D eigenvalue weighted by Gasteiger charge is 2.42. The maximum atomic E-state index is 11.9. The van der Waals surface area contributed by atoms with Crippen molar-refractivity contribution in [3.8, 4) is 0 Å². The van der Waals surface area contributed by atoms with Gasteiger partial charge in [0.25, 0.3) is 17.6 Å². The molecule has 0 aromatic carbocycles. The molecule has 7 heteroatoms. The molecule has 1 heterocycles. The number of hydrogen-bond acceptors (Lipinski definition) is 6. The molecule has 0 saturated carbocycles. The first-order valence-corrected chi connectivity index (χ1v) is 5.80. The molecule has 0 radical (unpaired) electrons. The van der Waals surface area contributed by atoms with E-state index in [1.165, 1.54) is 6.92 Å². The van der Waals surface area contributed by atoms with E-state index in [0.717, 1.165) is 0 Å². The molecule has 102 valence electrons. The topological polar surface area (TPSA) is 82.1 Å². The minimum Gasteiger partial charge on any atom is -0.341 e. The highest BCUT2D eigenvalue weighted by atomic mass is 16.8.